The van der Waals surface area contributed by atoms with Crippen LogP contribution < -0.4 is 4.90 Å². The van der Waals surface area contributed by atoms with Crippen molar-refractivity contribution in [2.75, 3.05) is 37.6 Å². The topological polar surface area (TPSA) is 61.7 Å². The van der Waals surface area contributed by atoms with E-state index in [1.54, 1.807) is 16.8 Å². The van der Waals surface area contributed by atoms with Gasteiger partial charge in [-0.25, -0.2) is 17.5 Å². The molecule has 0 unspecified atom stereocenters. The van der Waals surface area contributed by atoms with Gasteiger partial charge in [-0.05, 0) is 68.7 Å². The molecule has 0 N–H and O–H groups in total. The van der Waals surface area contributed by atoms with Crippen LogP contribution in [0.1, 0.15) is 51.4 Å². The van der Waals surface area contributed by atoms with Gasteiger partial charge in [0.1, 0.15) is 11.6 Å². The molecule has 0 radical (unpaired) electrons. The Morgan fingerprint density at radius 1 is 0.976 bits per heavy atom. The fraction of sp³-hybridized carbons (Fsp3) is 0.500. The molecule has 1 aromatic heterocycles. The normalized spacial score (nSPS) is 15.4. The molecule has 0 spiro atoms. The van der Waals surface area contributed by atoms with Crippen LogP contribution in [0.3, 0.4) is 0 Å². The molecule has 0 atom stereocenters. The average Bonchev–Trinajstić information content (AvgIpc) is 3.30. The first-order valence-electron chi connectivity index (χ1n) is 14.3. The van der Waals surface area contributed by atoms with Crippen molar-refractivity contribution < 1.29 is 26.0 Å². The molecule has 2 aromatic carbocycles. The quantitative estimate of drug-likeness (QED) is 0.265. The number of rotatable bonds is 10. The minimum atomic E-state index is -4.68. The highest BCUT2D eigenvalue weighted by atomic mass is 32.2. The van der Waals surface area contributed by atoms with Crippen molar-refractivity contribution in [1.82, 2.24) is 19.0 Å². The molecule has 230 valence electrons. The van der Waals surface area contributed by atoms with E-state index in [0.29, 0.717) is 48.6 Å². The standard InChI is InChI=1S/C30H39F4N5O2S/c1-6-28-27(20-38(19-21(2)3)42(40,41)26-9-7-8-23(18-26)30(32,33)34)29(37-16-14-36(15-17-37)22(4)5)39(35-28)25-12-10-24(31)11-13-25/h7-13,18,21-22H,6,14-17,19-20H2,1-5H3. The monoisotopic (exact) mass is 609 g/mol. The molecule has 1 aliphatic heterocycles. The molecule has 0 amide bonds. The van der Waals surface area contributed by atoms with Crippen LogP contribution >= 0.6 is 0 Å². The van der Waals surface area contributed by atoms with Crippen molar-refractivity contribution in [1.29, 1.82) is 0 Å². The van der Waals surface area contributed by atoms with Gasteiger partial charge in [0.25, 0.3) is 0 Å². The molecule has 1 aliphatic rings. The summed E-state index contributed by atoms with van der Waals surface area (Å²) in [5, 5.41) is 4.86. The summed E-state index contributed by atoms with van der Waals surface area (Å²) in [6.07, 6.45) is -4.17. The van der Waals surface area contributed by atoms with Gasteiger partial charge >= 0.3 is 6.18 Å². The maximum absolute atomic E-state index is 13.9. The number of nitrogens with zero attached hydrogens (tertiary/aromatic N) is 5. The predicted molar refractivity (Wildman–Crippen MR) is 156 cm³/mol. The summed E-state index contributed by atoms with van der Waals surface area (Å²) >= 11 is 0. The van der Waals surface area contributed by atoms with Gasteiger partial charge in [-0.3, -0.25) is 4.90 Å². The van der Waals surface area contributed by atoms with Gasteiger partial charge in [-0.1, -0.05) is 26.8 Å². The van der Waals surface area contributed by atoms with E-state index in [2.05, 4.69) is 23.6 Å². The zero-order valence-corrected chi connectivity index (χ0v) is 25.5. The fourth-order valence-electron chi connectivity index (χ4n) is 5.28. The van der Waals surface area contributed by atoms with Gasteiger partial charge in [-0.15, -0.1) is 0 Å². The summed E-state index contributed by atoms with van der Waals surface area (Å²) in [5.74, 6) is 0.236. The van der Waals surface area contributed by atoms with E-state index >= 15 is 0 Å². The van der Waals surface area contributed by atoms with Crippen molar-refractivity contribution in [2.24, 2.45) is 5.92 Å². The summed E-state index contributed by atoms with van der Waals surface area (Å²) in [5.41, 5.74) is 0.981. The minimum absolute atomic E-state index is 0.0686. The Hall–Kier alpha value is -2.96. The first-order valence-corrected chi connectivity index (χ1v) is 15.7. The lowest BCUT2D eigenvalue weighted by atomic mass is 10.1. The Morgan fingerprint density at radius 2 is 1.62 bits per heavy atom. The SMILES string of the molecule is CCc1nn(-c2ccc(F)cc2)c(N2CCN(C(C)C)CC2)c1CN(CC(C)C)S(=O)(=O)c1cccc(C(F)(F)F)c1. The summed E-state index contributed by atoms with van der Waals surface area (Å²) in [6, 6.07) is 10.2. The number of anilines is 1. The Labute approximate surface area is 245 Å². The highest BCUT2D eigenvalue weighted by molar-refractivity contribution is 7.89. The third-order valence-corrected chi connectivity index (χ3v) is 9.30. The number of hydrogen-bond donors (Lipinski definition) is 0. The zero-order valence-electron chi connectivity index (χ0n) is 24.7. The second-order valence-electron chi connectivity index (χ2n) is 11.3. The number of aryl methyl sites for hydroxylation is 1. The summed E-state index contributed by atoms with van der Waals surface area (Å²) in [4.78, 5) is 4.13. The molecule has 42 heavy (non-hydrogen) atoms. The second-order valence-corrected chi connectivity index (χ2v) is 13.3. The van der Waals surface area contributed by atoms with E-state index < -0.39 is 26.7 Å². The fourth-order valence-corrected chi connectivity index (χ4v) is 6.90. The second kappa shape index (κ2) is 12.7. The first kappa shape index (κ1) is 32.0. The molecule has 0 bridgehead atoms. The van der Waals surface area contributed by atoms with E-state index in [-0.39, 0.29) is 24.8 Å². The van der Waals surface area contributed by atoms with E-state index in [1.807, 2.05) is 20.8 Å². The largest absolute Gasteiger partial charge is 0.416 e. The molecule has 1 saturated heterocycles. The summed E-state index contributed by atoms with van der Waals surface area (Å²) in [6.45, 7) is 12.9. The van der Waals surface area contributed by atoms with Crippen LogP contribution in [0.25, 0.3) is 5.69 Å². The molecular weight excluding hydrogens is 570 g/mol. The highest BCUT2D eigenvalue weighted by Gasteiger charge is 2.35. The Morgan fingerprint density at radius 3 is 2.17 bits per heavy atom. The van der Waals surface area contributed by atoms with Crippen LogP contribution in [0.2, 0.25) is 0 Å². The lowest BCUT2D eigenvalue weighted by Gasteiger charge is -2.38. The smallest absolute Gasteiger partial charge is 0.354 e. The highest BCUT2D eigenvalue weighted by Crippen LogP contribution is 2.34. The molecule has 4 rings (SSSR count). The third kappa shape index (κ3) is 6.98. The maximum Gasteiger partial charge on any atom is 0.416 e. The van der Waals surface area contributed by atoms with E-state index in [0.717, 1.165) is 31.0 Å². The van der Waals surface area contributed by atoms with Gasteiger partial charge < -0.3 is 4.90 Å². The Bertz CT molecular complexity index is 1460. The Kier molecular flexibility index (Phi) is 9.68. The summed E-state index contributed by atoms with van der Waals surface area (Å²) in [7, 11) is -4.31. The zero-order chi connectivity index (χ0) is 30.8. The number of halogens is 4. The van der Waals surface area contributed by atoms with Crippen molar-refractivity contribution in [3.63, 3.8) is 0 Å². The lowest BCUT2D eigenvalue weighted by Crippen LogP contribution is -2.49. The van der Waals surface area contributed by atoms with Crippen molar-refractivity contribution in [3.05, 3.63) is 71.2 Å². The van der Waals surface area contributed by atoms with Gasteiger partial charge in [0.05, 0.1) is 21.8 Å². The van der Waals surface area contributed by atoms with Crippen LogP contribution in [0.4, 0.5) is 23.4 Å². The number of aromatic nitrogens is 2. The number of benzene rings is 2. The van der Waals surface area contributed by atoms with Crippen molar-refractivity contribution in [2.45, 2.75) is 64.7 Å². The maximum atomic E-state index is 13.9. The van der Waals surface area contributed by atoms with Crippen molar-refractivity contribution >= 4 is 15.8 Å². The van der Waals surface area contributed by atoms with Crippen LogP contribution in [0, 0.1) is 11.7 Å². The number of piperazine rings is 1. The van der Waals surface area contributed by atoms with Crippen molar-refractivity contribution in [3.8, 4) is 5.69 Å². The molecule has 7 nitrogen and oxygen atoms in total. The number of alkyl halides is 3. The molecule has 1 fully saturated rings. The predicted octanol–water partition coefficient (Wildman–Crippen LogP) is 5.97. The molecule has 12 heteroatoms. The van der Waals surface area contributed by atoms with Crippen LogP contribution in [-0.2, 0) is 29.2 Å². The van der Waals surface area contributed by atoms with Gasteiger partial charge in [-0.2, -0.15) is 22.6 Å². The Balaban J connectivity index is 1.83. The van der Waals surface area contributed by atoms with E-state index in [1.165, 1.54) is 22.5 Å². The molecule has 0 saturated carbocycles. The molecule has 0 aliphatic carbocycles. The van der Waals surface area contributed by atoms with Gasteiger partial charge in [0, 0.05) is 50.9 Å². The number of sulfonamides is 1. The number of hydrogen-bond acceptors (Lipinski definition) is 5. The molecule has 2 heterocycles. The van der Waals surface area contributed by atoms with Crippen LogP contribution in [-0.4, -0.2) is 66.2 Å². The summed E-state index contributed by atoms with van der Waals surface area (Å²) < 4.78 is 85.2. The molecule has 3 aromatic rings. The van der Waals surface area contributed by atoms with Crippen LogP contribution in [0.5, 0.6) is 0 Å². The van der Waals surface area contributed by atoms with E-state index in [4.69, 9.17) is 5.10 Å². The first-order chi connectivity index (χ1) is 19.7. The lowest BCUT2D eigenvalue weighted by molar-refractivity contribution is -0.137. The molecular formula is C30H39F4N5O2S. The van der Waals surface area contributed by atoms with E-state index in [9.17, 15) is 26.0 Å². The van der Waals surface area contributed by atoms with Gasteiger partial charge in [0.2, 0.25) is 10.0 Å². The third-order valence-electron chi connectivity index (χ3n) is 7.49. The van der Waals surface area contributed by atoms with Gasteiger partial charge in [0.15, 0.2) is 0 Å². The van der Waals surface area contributed by atoms with Crippen LogP contribution in [0.15, 0.2) is 53.4 Å². The minimum Gasteiger partial charge on any atom is -0.354 e. The average molecular weight is 610 g/mol.